The molecule has 0 aromatic carbocycles. The molecule has 0 aliphatic heterocycles. The molecule has 3 N–H and O–H groups in total. The lowest BCUT2D eigenvalue weighted by atomic mass is 10.3. The predicted molar refractivity (Wildman–Crippen MR) is 54.4 cm³/mol. The maximum absolute atomic E-state index is 5.27. The summed E-state index contributed by atoms with van der Waals surface area (Å²) in [6.45, 7) is 0.590. The highest BCUT2D eigenvalue weighted by Crippen LogP contribution is 2.05. The minimum Gasteiger partial charge on any atom is -0.481 e. The standard InChI is InChI=1S/C8H11N3OS/c1-12-7-3-2-6(4-10-7)5-11-8(9)13/h2-4H,5H2,1H3,(H3,9,11,13). The van der Waals surface area contributed by atoms with Gasteiger partial charge in [0, 0.05) is 18.8 Å². The molecule has 0 fully saturated rings. The first-order valence-corrected chi connectivity index (χ1v) is 4.15. The van der Waals surface area contributed by atoms with Crippen molar-refractivity contribution in [2.75, 3.05) is 7.11 Å². The summed E-state index contributed by atoms with van der Waals surface area (Å²) in [4.78, 5) is 4.03. The van der Waals surface area contributed by atoms with Crippen LogP contribution in [0, 0.1) is 0 Å². The van der Waals surface area contributed by atoms with Gasteiger partial charge in [-0.25, -0.2) is 4.98 Å². The quantitative estimate of drug-likeness (QED) is 0.688. The van der Waals surface area contributed by atoms with Crippen molar-refractivity contribution in [1.29, 1.82) is 0 Å². The highest BCUT2D eigenvalue weighted by molar-refractivity contribution is 7.80. The molecule has 1 aromatic heterocycles. The lowest BCUT2D eigenvalue weighted by Gasteiger charge is -2.03. The second-order valence-electron chi connectivity index (χ2n) is 2.43. The van der Waals surface area contributed by atoms with Gasteiger partial charge in [-0.2, -0.15) is 0 Å². The molecule has 1 rings (SSSR count). The van der Waals surface area contributed by atoms with Crippen LogP contribution in [0.25, 0.3) is 0 Å². The number of hydrogen-bond acceptors (Lipinski definition) is 3. The van der Waals surface area contributed by atoms with Crippen LogP contribution in [-0.2, 0) is 6.54 Å². The number of pyridine rings is 1. The molecule has 0 amide bonds. The van der Waals surface area contributed by atoms with E-state index in [0.29, 0.717) is 12.4 Å². The van der Waals surface area contributed by atoms with Gasteiger partial charge in [-0.05, 0) is 17.8 Å². The second kappa shape index (κ2) is 4.61. The van der Waals surface area contributed by atoms with Crippen molar-refractivity contribution in [1.82, 2.24) is 10.3 Å². The van der Waals surface area contributed by atoms with Gasteiger partial charge in [0.05, 0.1) is 7.11 Å². The number of ether oxygens (including phenoxy) is 1. The third kappa shape index (κ3) is 3.25. The summed E-state index contributed by atoms with van der Waals surface area (Å²) in [5.41, 5.74) is 6.28. The van der Waals surface area contributed by atoms with E-state index in [4.69, 9.17) is 10.5 Å². The molecule has 5 heteroatoms. The average molecular weight is 197 g/mol. The third-order valence-corrected chi connectivity index (χ3v) is 1.62. The van der Waals surface area contributed by atoms with Gasteiger partial charge in [0.1, 0.15) is 0 Å². The zero-order valence-corrected chi connectivity index (χ0v) is 8.10. The molecule has 0 aliphatic carbocycles. The number of hydrogen-bond donors (Lipinski definition) is 2. The van der Waals surface area contributed by atoms with E-state index in [-0.39, 0.29) is 5.11 Å². The molecule has 1 aromatic rings. The van der Waals surface area contributed by atoms with Gasteiger partial charge in [-0.1, -0.05) is 6.07 Å². The van der Waals surface area contributed by atoms with Gasteiger partial charge < -0.3 is 15.8 Å². The molecule has 13 heavy (non-hydrogen) atoms. The monoisotopic (exact) mass is 197 g/mol. The summed E-state index contributed by atoms with van der Waals surface area (Å²) >= 11 is 4.66. The Morgan fingerprint density at radius 1 is 1.69 bits per heavy atom. The Bertz CT molecular complexity index is 286. The van der Waals surface area contributed by atoms with Crippen LogP contribution in [0.15, 0.2) is 18.3 Å². The maximum atomic E-state index is 5.27. The Hall–Kier alpha value is -1.36. The van der Waals surface area contributed by atoms with E-state index in [1.54, 1.807) is 19.4 Å². The summed E-state index contributed by atoms with van der Waals surface area (Å²) in [7, 11) is 1.58. The van der Waals surface area contributed by atoms with Crippen LogP contribution in [0.5, 0.6) is 5.88 Å². The topological polar surface area (TPSA) is 60.2 Å². The molecule has 0 saturated heterocycles. The van der Waals surface area contributed by atoms with Crippen molar-refractivity contribution in [3.8, 4) is 5.88 Å². The molecule has 4 nitrogen and oxygen atoms in total. The minimum absolute atomic E-state index is 0.288. The molecule has 1 heterocycles. The van der Waals surface area contributed by atoms with Crippen molar-refractivity contribution >= 4 is 17.3 Å². The Morgan fingerprint density at radius 2 is 2.46 bits per heavy atom. The van der Waals surface area contributed by atoms with Crippen LogP contribution in [-0.4, -0.2) is 17.2 Å². The van der Waals surface area contributed by atoms with Crippen molar-refractivity contribution in [2.24, 2.45) is 5.73 Å². The van der Waals surface area contributed by atoms with E-state index in [2.05, 4.69) is 22.5 Å². The molecule has 0 saturated carbocycles. The van der Waals surface area contributed by atoms with Crippen LogP contribution in [0.1, 0.15) is 5.56 Å². The Morgan fingerprint density at radius 3 is 2.92 bits per heavy atom. The minimum atomic E-state index is 0.288. The van der Waals surface area contributed by atoms with Gasteiger partial charge in [-0.15, -0.1) is 0 Å². The molecule has 0 unspecified atom stereocenters. The van der Waals surface area contributed by atoms with E-state index in [1.165, 1.54) is 0 Å². The van der Waals surface area contributed by atoms with Crippen molar-refractivity contribution in [3.63, 3.8) is 0 Å². The van der Waals surface area contributed by atoms with Crippen LogP contribution >= 0.6 is 12.2 Å². The van der Waals surface area contributed by atoms with Gasteiger partial charge in [0.25, 0.3) is 0 Å². The first-order valence-electron chi connectivity index (χ1n) is 3.74. The lowest BCUT2D eigenvalue weighted by Crippen LogP contribution is -2.28. The fourth-order valence-electron chi connectivity index (χ4n) is 0.825. The number of methoxy groups -OCH3 is 1. The van der Waals surface area contributed by atoms with Gasteiger partial charge in [0.2, 0.25) is 5.88 Å². The van der Waals surface area contributed by atoms with Gasteiger partial charge >= 0.3 is 0 Å². The van der Waals surface area contributed by atoms with E-state index < -0.39 is 0 Å². The number of rotatable bonds is 3. The number of nitrogens with one attached hydrogen (secondary N) is 1. The summed E-state index contributed by atoms with van der Waals surface area (Å²) in [6, 6.07) is 3.69. The summed E-state index contributed by atoms with van der Waals surface area (Å²) in [5, 5.41) is 3.12. The second-order valence-corrected chi connectivity index (χ2v) is 2.87. The zero-order chi connectivity index (χ0) is 9.68. The molecule has 0 atom stereocenters. The average Bonchev–Trinajstić information content (AvgIpc) is 2.15. The fourth-order valence-corrected chi connectivity index (χ4v) is 0.898. The fraction of sp³-hybridized carbons (Fsp3) is 0.250. The normalized spacial score (nSPS) is 9.31. The van der Waals surface area contributed by atoms with Gasteiger partial charge in [-0.3, -0.25) is 0 Å². The van der Waals surface area contributed by atoms with Crippen LogP contribution < -0.4 is 15.8 Å². The van der Waals surface area contributed by atoms with Crippen molar-refractivity contribution < 1.29 is 4.74 Å². The predicted octanol–water partition coefficient (Wildman–Crippen LogP) is 0.423. The molecule has 0 radical (unpaired) electrons. The van der Waals surface area contributed by atoms with Crippen molar-refractivity contribution in [2.45, 2.75) is 6.54 Å². The van der Waals surface area contributed by atoms with Crippen LogP contribution in [0.2, 0.25) is 0 Å². The SMILES string of the molecule is COc1ccc(CNC(N)=S)cn1. The first kappa shape index (κ1) is 9.73. The van der Waals surface area contributed by atoms with E-state index in [1.807, 2.05) is 6.07 Å². The highest BCUT2D eigenvalue weighted by Gasteiger charge is 1.95. The lowest BCUT2D eigenvalue weighted by molar-refractivity contribution is 0.397. The number of aromatic nitrogens is 1. The number of thiocarbonyl (C=S) groups is 1. The first-order chi connectivity index (χ1) is 6.22. The molecule has 0 bridgehead atoms. The Labute approximate surface area is 82.1 Å². The molecular formula is C8H11N3OS. The maximum Gasteiger partial charge on any atom is 0.212 e. The summed E-state index contributed by atoms with van der Waals surface area (Å²) < 4.78 is 4.91. The molecule has 70 valence electrons. The smallest absolute Gasteiger partial charge is 0.212 e. The highest BCUT2D eigenvalue weighted by atomic mass is 32.1. The Kier molecular flexibility index (Phi) is 3.45. The largest absolute Gasteiger partial charge is 0.481 e. The van der Waals surface area contributed by atoms with E-state index in [9.17, 15) is 0 Å². The van der Waals surface area contributed by atoms with Crippen molar-refractivity contribution in [3.05, 3.63) is 23.9 Å². The third-order valence-electron chi connectivity index (χ3n) is 1.47. The molecule has 0 spiro atoms. The van der Waals surface area contributed by atoms with Crippen LogP contribution in [0.3, 0.4) is 0 Å². The molecular weight excluding hydrogens is 186 g/mol. The Balaban J connectivity index is 2.54. The summed E-state index contributed by atoms with van der Waals surface area (Å²) in [6.07, 6.45) is 1.71. The zero-order valence-electron chi connectivity index (χ0n) is 7.28. The number of nitrogens with two attached hydrogens (primary N) is 1. The molecule has 0 aliphatic rings. The van der Waals surface area contributed by atoms with E-state index in [0.717, 1.165) is 5.56 Å². The number of nitrogens with zero attached hydrogens (tertiary/aromatic N) is 1. The van der Waals surface area contributed by atoms with Crippen LogP contribution in [0.4, 0.5) is 0 Å². The summed E-state index contributed by atoms with van der Waals surface area (Å²) in [5.74, 6) is 0.596. The van der Waals surface area contributed by atoms with Gasteiger partial charge in [0.15, 0.2) is 5.11 Å². The van der Waals surface area contributed by atoms with E-state index >= 15 is 0 Å².